The highest BCUT2D eigenvalue weighted by molar-refractivity contribution is 5.79. The van der Waals surface area contributed by atoms with Gasteiger partial charge < -0.3 is 25.6 Å². The van der Waals surface area contributed by atoms with Crippen LogP contribution in [-0.4, -0.2) is 59.0 Å². The van der Waals surface area contributed by atoms with E-state index in [4.69, 9.17) is 10.5 Å². The van der Waals surface area contributed by atoms with Crippen molar-refractivity contribution >= 4 is 17.9 Å². The number of likely N-dealkylation sites (N-methyl/N-ethyl adjacent to an activating group) is 1. The summed E-state index contributed by atoms with van der Waals surface area (Å²) in [4.78, 5) is 29.1. The van der Waals surface area contributed by atoms with Gasteiger partial charge in [-0.2, -0.15) is 5.10 Å². The van der Waals surface area contributed by atoms with E-state index in [9.17, 15) is 9.59 Å². The van der Waals surface area contributed by atoms with Crippen molar-refractivity contribution in [3.8, 4) is 0 Å². The standard InChI is InChI=1S/C21H30N6O3/c1-6-30-20(29)27-18(22)15-12-26(21(2,3)17(15)24-27)19(28)23-16(13-25(4)5)14-10-8-7-9-11-14/h7-11,16H,6,12-13,22H2,1-5H3,(H,23,28)/t16-/m1/s1. The van der Waals surface area contributed by atoms with Crippen LogP contribution >= 0.6 is 0 Å². The number of aromatic nitrogens is 2. The van der Waals surface area contributed by atoms with Crippen LogP contribution in [0.2, 0.25) is 0 Å². The minimum absolute atomic E-state index is 0.172. The maximum absolute atomic E-state index is 13.3. The molecule has 0 unspecified atom stereocenters. The number of carbonyl (C=O) groups is 2. The van der Waals surface area contributed by atoms with E-state index < -0.39 is 11.6 Å². The summed E-state index contributed by atoms with van der Waals surface area (Å²) in [7, 11) is 3.94. The predicted molar refractivity (Wildman–Crippen MR) is 114 cm³/mol. The fourth-order valence-electron chi connectivity index (χ4n) is 3.76. The molecule has 2 heterocycles. The lowest BCUT2D eigenvalue weighted by atomic mass is 10.0. The number of ether oxygens (including phenoxy) is 1. The lowest BCUT2D eigenvalue weighted by molar-refractivity contribution is 0.135. The van der Waals surface area contributed by atoms with Gasteiger partial charge in [-0.3, -0.25) is 0 Å². The first-order chi connectivity index (χ1) is 14.2. The molecule has 0 bridgehead atoms. The summed E-state index contributed by atoms with van der Waals surface area (Å²) in [6.07, 6.45) is -0.619. The second-order valence-electron chi connectivity index (χ2n) is 8.14. The van der Waals surface area contributed by atoms with E-state index in [1.807, 2.05) is 63.2 Å². The van der Waals surface area contributed by atoms with Gasteiger partial charge in [-0.15, -0.1) is 4.68 Å². The molecule has 0 saturated carbocycles. The van der Waals surface area contributed by atoms with Crippen molar-refractivity contribution in [1.82, 2.24) is 24.9 Å². The Morgan fingerprint density at radius 2 is 1.97 bits per heavy atom. The van der Waals surface area contributed by atoms with Gasteiger partial charge in [-0.25, -0.2) is 9.59 Å². The average Bonchev–Trinajstić information content (AvgIpc) is 3.16. The highest BCUT2D eigenvalue weighted by atomic mass is 16.6. The number of amides is 2. The fraction of sp³-hybridized carbons (Fsp3) is 0.476. The molecule has 3 rings (SSSR count). The number of anilines is 1. The second-order valence-corrected chi connectivity index (χ2v) is 8.14. The Morgan fingerprint density at radius 3 is 2.53 bits per heavy atom. The molecule has 2 aromatic rings. The van der Waals surface area contributed by atoms with Crippen molar-refractivity contribution in [2.24, 2.45) is 0 Å². The van der Waals surface area contributed by atoms with Gasteiger partial charge in [-0.05, 0) is 40.4 Å². The van der Waals surface area contributed by atoms with Crippen LogP contribution in [0, 0.1) is 0 Å². The number of nitrogens with zero attached hydrogens (tertiary/aromatic N) is 4. The Balaban J connectivity index is 1.83. The largest absolute Gasteiger partial charge is 0.448 e. The molecule has 9 heteroatoms. The smallest absolute Gasteiger partial charge is 0.436 e. The van der Waals surface area contributed by atoms with Crippen molar-refractivity contribution in [2.75, 3.05) is 33.0 Å². The molecule has 0 fully saturated rings. The Labute approximate surface area is 176 Å². The van der Waals surface area contributed by atoms with Gasteiger partial charge >= 0.3 is 12.1 Å². The highest BCUT2D eigenvalue weighted by Crippen LogP contribution is 2.40. The zero-order valence-corrected chi connectivity index (χ0v) is 18.2. The highest BCUT2D eigenvalue weighted by Gasteiger charge is 2.45. The van der Waals surface area contributed by atoms with Crippen LogP contribution in [0.3, 0.4) is 0 Å². The topological polar surface area (TPSA) is 106 Å². The van der Waals surface area contributed by atoms with E-state index in [2.05, 4.69) is 10.4 Å². The van der Waals surface area contributed by atoms with Gasteiger partial charge in [-0.1, -0.05) is 30.3 Å². The number of fused-ring (bicyclic) bond motifs is 1. The Morgan fingerprint density at radius 1 is 1.30 bits per heavy atom. The molecular weight excluding hydrogens is 384 g/mol. The Kier molecular flexibility index (Phi) is 6.02. The van der Waals surface area contributed by atoms with Crippen molar-refractivity contribution < 1.29 is 14.3 Å². The molecule has 1 aliphatic rings. The number of hydrogen-bond donors (Lipinski definition) is 2. The van der Waals surface area contributed by atoms with Crippen LogP contribution < -0.4 is 11.1 Å². The van der Waals surface area contributed by atoms with E-state index in [0.717, 1.165) is 10.2 Å². The van der Waals surface area contributed by atoms with E-state index in [0.29, 0.717) is 17.8 Å². The third-order valence-electron chi connectivity index (χ3n) is 5.33. The first-order valence-electron chi connectivity index (χ1n) is 9.99. The zero-order valence-electron chi connectivity index (χ0n) is 18.2. The lowest BCUT2D eigenvalue weighted by Crippen LogP contribution is -2.48. The van der Waals surface area contributed by atoms with Gasteiger partial charge in [0.1, 0.15) is 5.82 Å². The SMILES string of the molecule is CCOC(=O)n1nc2c(c1N)CN(C(=O)N[C@H](CN(C)C)c1ccccc1)C2(C)C. The number of benzene rings is 1. The molecule has 162 valence electrons. The third kappa shape index (κ3) is 3.97. The molecule has 0 aliphatic carbocycles. The van der Waals surface area contributed by atoms with Crippen LogP contribution in [0.4, 0.5) is 15.4 Å². The summed E-state index contributed by atoms with van der Waals surface area (Å²) in [5.41, 5.74) is 7.74. The molecule has 30 heavy (non-hydrogen) atoms. The molecule has 0 spiro atoms. The normalized spacial score (nSPS) is 15.7. The van der Waals surface area contributed by atoms with Gasteiger partial charge in [0.05, 0.1) is 30.4 Å². The molecule has 1 aliphatic heterocycles. The number of urea groups is 1. The first kappa shape index (κ1) is 21.6. The monoisotopic (exact) mass is 414 g/mol. The zero-order chi connectivity index (χ0) is 22.1. The average molecular weight is 415 g/mol. The van der Waals surface area contributed by atoms with E-state index in [1.165, 1.54) is 0 Å². The van der Waals surface area contributed by atoms with Crippen molar-refractivity contribution in [1.29, 1.82) is 0 Å². The van der Waals surface area contributed by atoms with Crippen molar-refractivity contribution in [3.63, 3.8) is 0 Å². The summed E-state index contributed by atoms with van der Waals surface area (Å²) >= 11 is 0. The van der Waals surface area contributed by atoms with E-state index in [1.54, 1.807) is 11.8 Å². The van der Waals surface area contributed by atoms with Crippen molar-refractivity contribution in [2.45, 2.75) is 38.9 Å². The molecule has 0 radical (unpaired) electrons. The Hall–Kier alpha value is -3.07. The van der Waals surface area contributed by atoms with Crippen LogP contribution in [0.5, 0.6) is 0 Å². The number of hydrogen-bond acceptors (Lipinski definition) is 6. The molecule has 1 aromatic heterocycles. The van der Waals surface area contributed by atoms with Crippen LogP contribution in [0.1, 0.15) is 43.6 Å². The maximum atomic E-state index is 13.3. The van der Waals surface area contributed by atoms with Crippen LogP contribution in [0.15, 0.2) is 30.3 Å². The molecule has 0 saturated heterocycles. The molecule has 9 nitrogen and oxygen atoms in total. The summed E-state index contributed by atoms with van der Waals surface area (Å²) < 4.78 is 6.08. The molecule has 1 atom stereocenters. The third-order valence-corrected chi connectivity index (χ3v) is 5.33. The van der Waals surface area contributed by atoms with Gasteiger partial charge in [0.25, 0.3) is 0 Å². The predicted octanol–water partition coefficient (Wildman–Crippen LogP) is 2.53. The van der Waals surface area contributed by atoms with E-state index >= 15 is 0 Å². The molecule has 1 aromatic carbocycles. The Bertz CT molecular complexity index is 922. The number of nitrogens with one attached hydrogen (secondary N) is 1. The number of carbonyl (C=O) groups excluding carboxylic acids is 2. The summed E-state index contributed by atoms with van der Waals surface area (Å²) in [6, 6.07) is 9.48. The maximum Gasteiger partial charge on any atom is 0.436 e. The molecule has 2 amide bonds. The van der Waals surface area contributed by atoms with Gasteiger partial charge in [0, 0.05) is 12.1 Å². The van der Waals surface area contributed by atoms with Gasteiger partial charge in [0.2, 0.25) is 0 Å². The first-order valence-corrected chi connectivity index (χ1v) is 9.99. The van der Waals surface area contributed by atoms with Crippen LogP contribution in [-0.2, 0) is 16.8 Å². The summed E-state index contributed by atoms with van der Waals surface area (Å²) in [6.45, 7) is 6.66. The van der Waals surface area contributed by atoms with E-state index in [-0.39, 0.29) is 31.0 Å². The quantitative estimate of drug-likeness (QED) is 0.779. The van der Waals surface area contributed by atoms with Gasteiger partial charge in [0.15, 0.2) is 0 Å². The minimum atomic E-state index is -0.732. The molecule has 3 N–H and O–H groups in total. The van der Waals surface area contributed by atoms with Crippen LogP contribution in [0.25, 0.3) is 0 Å². The summed E-state index contributed by atoms with van der Waals surface area (Å²) in [5.74, 6) is 0.208. The molecular formula is C21H30N6O3. The minimum Gasteiger partial charge on any atom is -0.448 e. The number of rotatable bonds is 5. The number of nitrogens with two attached hydrogens (primary N) is 1. The number of nitrogen functional groups attached to an aromatic ring is 1. The lowest BCUT2D eigenvalue weighted by Gasteiger charge is -2.34. The fourth-order valence-corrected chi connectivity index (χ4v) is 3.76. The summed E-state index contributed by atoms with van der Waals surface area (Å²) in [5, 5.41) is 7.51. The second kappa shape index (κ2) is 8.35. The van der Waals surface area contributed by atoms with Crippen molar-refractivity contribution in [3.05, 3.63) is 47.2 Å².